The molecular formula is C12H12O4. The molecule has 0 amide bonds. The van der Waals surface area contributed by atoms with Crippen molar-refractivity contribution in [1.29, 1.82) is 0 Å². The fourth-order valence-electron chi connectivity index (χ4n) is 1.30. The third kappa shape index (κ3) is 2.39. The molecule has 0 aromatic heterocycles. The minimum Gasteiger partial charge on any atom is -0.465 e. The van der Waals surface area contributed by atoms with Crippen molar-refractivity contribution in [3.8, 4) is 5.75 Å². The van der Waals surface area contributed by atoms with E-state index in [0.717, 1.165) is 12.8 Å². The molecule has 1 aliphatic rings. The zero-order valence-electron chi connectivity index (χ0n) is 8.93. The molecule has 16 heavy (non-hydrogen) atoms. The van der Waals surface area contributed by atoms with E-state index >= 15 is 0 Å². The Balaban J connectivity index is 2.01. The molecule has 0 radical (unpaired) electrons. The molecule has 1 fully saturated rings. The Bertz CT molecular complexity index is 404. The summed E-state index contributed by atoms with van der Waals surface area (Å²) in [5.74, 6) is -0.0595. The summed E-state index contributed by atoms with van der Waals surface area (Å²) in [6.07, 6.45) is 1.83. The Morgan fingerprint density at radius 3 is 2.31 bits per heavy atom. The number of benzene rings is 1. The van der Waals surface area contributed by atoms with Gasteiger partial charge in [0.1, 0.15) is 5.75 Å². The molecule has 1 aromatic carbocycles. The minimum absolute atomic E-state index is 0.0697. The molecule has 0 atom stereocenters. The molecule has 1 aliphatic carbocycles. The second kappa shape index (κ2) is 4.35. The van der Waals surface area contributed by atoms with E-state index in [-0.39, 0.29) is 11.9 Å². The highest BCUT2D eigenvalue weighted by molar-refractivity contribution is 5.89. The highest BCUT2D eigenvalue weighted by atomic mass is 16.5. The number of hydrogen-bond donors (Lipinski definition) is 0. The van der Waals surface area contributed by atoms with E-state index in [4.69, 9.17) is 4.74 Å². The van der Waals surface area contributed by atoms with E-state index in [2.05, 4.69) is 4.74 Å². The zero-order chi connectivity index (χ0) is 11.5. The Labute approximate surface area is 93.2 Å². The lowest BCUT2D eigenvalue weighted by molar-refractivity contribution is -0.135. The van der Waals surface area contributed by atoms with Crippen LogP contribution in [-0.4, -0.2) is 19.0 Å². The van der Waals surface area contributed by atoms with Gasteiger partial charge >= 0.3 is 11.9 Å². The summed E-state index contributed by atoms with van der Waals surface area (Å²) in [4.78, 5) is 22.5. The van der Waals surface area contributed by atoms with Crippen molar-refractivity contribution in [2.45, 2.75) is 12.8 Å². The van der Waals surface area contributed by atoms with Crippen molar-refractivity contribution in [2.75, 3.05) is 7.11 Å². The van der Waals surface area contributed by atoms with Crippen LogP contribution in [0.4, 0.5) is 0 Å². The fourth-order valence-corrected chi connectivity index (χ4v) is 1.30. The molecule has 0 spiro atoms. The summed E-state index contributed by atoms with van der Waals surface area (Å²) in [7, 11) is 1.32. The maximum Gasteiger partial charge on any atom is 0.337 e. The van der Waals surface area contributed by atoms with Crippen LogP contribution in [0.25, 0.3) is 0 Å². The first kappa shape index (κ1) is 10.7. The number of rotatable bonds is 3. The Morgan fingerprint density at radius 2 is 1.81 bits per heavy atom. The first-order valence-electron chi connectivity index (χ1n) is 5.11. The van der Waals surface area contributed by atoms with Gasteiger partial charge in [-0.3, -0.25) is 4.79 Å². The van der Waals surface area contributed by atoms with Crippen LogP contribution in [0.2, 0.25) is 0 Å². The van der Waals surface area contributed by atoms with Gasteiger partial charge in [-0.1, -0.05) is 0 Å². The van der Waals surface area contributed by atoms with E-state index in [1.807, 2.05) is 0 Å². The van der Waals surface area contributed by atoms with Crippen LogP contribution in [-0.2, 0) is 9.53 Å². The molecule has 0 N–H and O–H groups in total. The maximum atomic E-state index is 11.3. The lowest BCUT2D eigenvalue weighted by atomic mass is 10.2. The van der Waals surface area contributed by atoms with Crippen LogP contribution in [0.15, 0.2) is 24.3 Å². The Morgan fingerprint density at radius 1 is 1.19 bits per heavy atom. The molecule has 4 nitrogen and oxygen atoms in total. The summed E-state index contributed by atoms with van der Waals surface area (Å²) >= 11 is 0. The molecule has 84 valence electrons. The molecule has 4 heteroatoms. The Hall–Kier alpha value is -1.84. The largest absolute Gasteiger partial charge is 0.465 e. The fraction of sp³-hybridized carbons (Fsp3) is 0.333. The van der Waals surface area contributed by atoms with Gasteiger partial charge in [0.15, 0.2) is 0 Å². The maximum absolute atomic E-state index is 11.3. The average Bonchev–Trinajstić information content (AvgIpc) is 3.13. The van der Waals surface area contributed by atoms with Crippen LogP contribution >= 0.6 is 0 Å². The third-order valence-electron chi connectivity index (χ3n) is 2.40. The predicted octanol–water partition coefficient (Wildman–Crippen LogP) is 1.79. The quantitative estimate of drug-likeness (QED) is 0.575. The molecule has 0 saturated heterocycles. The van der Waals surface area contributed by atoms with Crippen molar-refractivity contribution in [2.24, 2.45) is 5.92 Å². The van der Waals surface area contributed by atoms with Crippen molar-refractivity contribution in [3.05, 3.63) is 29.8 Å². The molecule has 0 unspecified atom stereocenters. The van der Waals surface area contributed by atoms with E-state index in [9.17, 15) is 9.59 Å². The van der Waals surface area contributed by atoms with E-state index < -0.39 is 5.97 Å². The van der Waals surface area contributed by atoms with Crippen LogP contribution in [0.3, 0.4) is 0 Å². The van der Waals surface area contributed by atoms with Gasteiger partial charge in [-0.25, -0.2) is 4.79 Å². The molecule has 0 aliphatic heterocycles. The third-order valence-corrected chi connectivity index (χ3v) is 2.40. The van der Waals surface area contributed by atoms with Gasteiger partial charge in [-0.05, 0) is 37.1 Å². The first-order valence-corrected chi connectivity index (χ1v) is 5.11. The lowest BCUT2D eigenvalue weighted by Gasteiger charge is -2.03. The van der Waals surface area contributed by atoms with Gasteiger partial charge < -0.3 is 9.47 Å². The second-order valence-corrected chi connectivity index (χ2v) is 3.71. The summed E-state index contributed by atoms with van der Waals surface area (Å²) in [6.45, 7) is 0. The first-order chi connectivity index (χ1) is 7.70. The number of carbonyl (C=O) groups excluding carboxylic acids is 2. The number of hydrogen-bond acceptors (Lipinski definition) is 4. The molecule has 0 bridgehead atoms. The van der Waals surface area contributed by atoms with Crippen LogP contribution in [0.5, 0.6) is 5.75 Å². The van der Waals surface area contributed by atoms with E-state index in [0.29, 0.717) is 11.3 Å². The van der Waals surface area contributed by atoms with Crippen LogP contribution in [0, 0.1) is 5.92 Å². The summed E-state index contributed by atoms with van der Waals surface area (Å²) in [5, 5.41) is 0. The predicted molar refractivity (Wildman–Crippen MR) is 56.1 cm³/mol. The van der Waals surface area contributed by atoms with Gasteiger partial charge in [0.2, 0.25) is 0 Å². The highest BCUT2D eigenvalue weighted by Gasteiger charge is 2.31. The van der Waals surface area contributed by atoms with Crippen LogP contribution < -0.4 is 4.74 Å². The standard InChI is InChI=1S/C12H12O4/c1-15-11(13)8-4-6-10(7-5-8)16-12(14)9-2-3-9/h4-7,9H,2-3H2,1H3. The van der Waals surface area contributed by atoms with E-state index in [1.54, 1.807) is 24.3 Å². The molecule has 2 rings (SSSR count). The Kier molecular flexibility index (Phi) is 2.90. The minimum atomic E-state index is -0.403. The second-order valence-electron chi connectivity index (χ2n) is 3.71. The van der Waals surface area contributed by atoms with Crippen molar-refractivity contribution < 1.29 is 19.1 Å². The smallest absolute Gasteiger partial charge is 0.337 e. The number of methoxy groups -OCH3 is 1. The molecule has 1 aromatic rings. The summed E-state index contributed by atoms with van der Waals surface area (Å²) in [5.41, 5.74) is 0.439. The molecule has 0 heterocycles. The molecule has 1 saturated carbocycles. The number of esters is 2. The lowest BCUT2D eigenvalue weighted by Crippen LogP contribution is -2.10. The van der Waals surface area contributed by atoms with Crippen molar-refractivity contribution >= 4 is 11.9 Å². The van der Waals surface area contributed by atoms with E-state index in [1.165, 1.54) is 7.11 Å². The summed E-state index contributed by atoms with van der Waals surface area (Å²) in [6, 6.07) is 6.32. The van der Waals surface area contributed by atoms with Gasteiger partial charge in [0.05, 0.1) is 18.6 Å². The summed E-state index contributed by atoms with van der Waals surface area (Å²) < 4.78 is 9.67. The topological polar surface area (TPSA) is 52.6 Å². The zero-order valence-corrected chi connectivity index (χ0v) is 8.93. The van der Waals surface area contributed by atoms with Crippen LogP contribution in [0.1, 0.15) is 23.2 Å². The normalized spacial score (nSPS) is 14.3. The van der Waals surface area contributed by atoms with Crippen molar-refractivity contribution in [3.63, 3.8) is 0 Å². The highest BCUT2D eigenvalue weighted by Crippen LogP contribution is 2.30. The van der Waals surface area contributed by atoms with Gasteiger partial charge in [0, 0.05) is 0 Å². The molecular weight excluding hydrogens is 208 g/mol. The SMILES string of the molecule is COC(=O)c1ccc(OC(=O)C2CC2)cc1. The van der Waals surface area contributed by atoms with Gasteiger partial charge in [0.25, 0.3) is 0 Å². The monoisotopic (exact) mass is 220 g/mol. The van der Waals surface area contributed by atoms with Gasteiger partial charge in [-0.2, -0.15) is 0 Å². The van der Waals surface area contributed by atoms with Crippen molar-refractivity contribution in [1.82, 2.24) is 0 Å². The number of ether oxygens (including phenoxy) is 2. The number of carbonyl (C=O) groups is 2. The average molecular weight is 220 g/mol. The van der Waals surface area contributed by atoms with Gasteiger partial charge in [-0.15, -0.1) is 0 Å².